The number of ether oxygens (including phenoxy) is 2. The SMILES string of the molecule is COc1ccc(CN2CCCC(c3nnc(SCc4ccccc4)n3C)C2)cc1OC. The van der Waals surface area contributed by atoms with Gasteiger partial charge < -0.3 is 14.0 Å². The van der Waals surface area contributed by atoms with Gasteiger partial charge in [-0.25, -0.2) is 0 Å². The Morgan fingerprint density at radius 3 is 2.58 bits per heavy atom. The predicted molar refractivity (Wildman–Crippen MR) is 124 cm³/mol. The van der Waals surface area contributed by atoms with Gasteiger partial charge in [0.1, 0.15) is 5.82 Å². The first-order valence-electron chi connectivity index (χ1n) is 10.7. The molecule has 0 saturated carbocycles. The summed E-state index contributed by atoms with van der Waals surface area (Å²) in [5.41, 5.74) is 2.53. The topological polar surface area (TPSA) is 52.4 Å². The lowest BCUT2D eigenvalue weighted by molar-refractivity contribution is 0.194. The van der Waals surface area contributed by atoms with Crippen molar-refractivity contribution in [2.24, 2.45) is 7.05 Å². The van der Waals surface area contributed by atoms with E-state index < -0.39 is 0 Å². The maximum Gasteiger partial charge on any atom is 0.191 e. The highest BCUT2D eigenvalue weighted by atomic mass is 32.2. The molecule has 0 amide bonds. The minimum Gasteiger partial charge on any atom is -0.493 e. The first-order chi connectivity index (χ1) is 15.2. The van der Waals surface area contributed by atoms with Crippen LogP contribution in [0.25, 0.3) is 0 Å². The van der Waals surface area contributed by atoms with Crippen molar-refractivity contribution in [3.8, 4) is 11.5 Å². The van der Waals surface area contributed by atoms with E-state index in [0.29, 0.717) is 5.92 Å². The summed E-state index contributed by atoms with van der Waals surface area (Å²) < 4.78 is 13.0. The number of likely N-dealkylation sites (tertiary alicyclic amines) is 1. The van der Waals surface area contributed by atoms with Gasteiger partial charge >= 0.3 is 0 Å². The maximum atomic E-state index is 5.46. The van der Waals surface area contributed by atoms with Crippen LogP contribution in [-0.4, -0.2) is 47.0 Å². The molecule has 1 fully saturated rings. The van der Waals surface area contributed by atoms with Crippen LogP contribution in [0.15, 0.2) is 53.7 Å². The number of benzene rings is 2. The van der Waals surface area contributed by atoms with E-state index in [1.54, 1.807) is 26.0 Å². The molecule has 1 aromatic heterocycles. The second-order valence-corrected chi connectivity index (χ2v) is 8.88. The summed E-state index contributed by atoms with van der Waals surface area (Å²) in [4.78, 5) is 2.50. The Bertz CT molecular complexity index is 992. The molecule has 0 radical (unpaired) electrons. The van der Waals surface area contributed by atoms with Crippen molar-refractivity contribution in [2.75, 3.05) is 27.3 Å². The van der Waals surface area contributed by atoms with Gasteiger partial charge in [-0.3, -0.25) is 4.90 Å². The van der Waals surface area contributed by atoms with Gasteiger partial charge in [-0.05, 0) is 42.6 Å². The van der Waals surface area contributed by atoms with E-state index in [0.717, 1.165) is 60.7 Å². The maximum absolute atomic E-state index is 5.46. The fraction of sp³-hybridized carbons (Fsp3) is 0.417. The third kappa shape index (κ3) is 5.22. The molecule has 1 aliphatic heterocycles. The normalized spacial score (nSPS) is 16.9. The molecule has 164 valence electrons. The molecule has 31 heavy (non-hydrogen) atoms. The summed E-state index contributed by atoms with van der Waals surface area (Å²) in [6.07, 6.45) is 2.31. The average Bonchev–Trinajstić information content (AvgIpc) is 3.18. The van der Waals surface area contributed by atoms with Gasteiger partial charge in [-0.2, -0.15) is 0 Å². The quantitative estimate of drug-likeness (QED) is 0.483. The molecular weight excluding hydrogens is 408 g/mol. The van der Waals surface area contributed by atoms with Crippen LogP contribution in [0.1, 0.15) is 35.7 Å². The van der Waals surface area contributed by atoms with Gasteiger partial charge in [0.05, 0.1) is 14.2 Å². The molecule has 3 aromatic rings. The second kappa shape index (κ2) is 10.2. The van der Waals surface area contributed by atoms with Gasteiger partial charge in [0.25, 0.3) is 0 Å². The lowest BCUT2D eigenvalue weighted by atomic mass is 9.96. The van der Waals surface area contributed by atoms with Gasteiger partial charge in [0, 0.05) is 31.8 Å². The minimum absolute atomic E-state index is 0.400. The number of piperidine rings is 1. The zero-order chi connectivity index (χ0) is 21.6. The molecule has 1 unspecified atom stereocenters. The fourth-order valence-corrected chi connectivity index (χ4v) is 5.05. The van der Waals surface area contributed by atoms with Gasteiger partial charge in [-0.15, -0.1) is 10.2 Å². The Labute approximate surface area is 188 Å². The number of methoxy groups -OCH3 is 2. The summed E-state index contributed by atoms with van der Waals surface area (Å²) in [5, 5.41) is 10.0. The second-order valence-electron chi connectivity index (χ2n) is 7.94. The lowest BCUT2D eigenvalue weighted by Crippen LogP contribution is -2.34. The summed E-state index contributed by atoms with van der Waals surface area (Å²) in [5.74, 6) is 3.94. The number of hydrogen-bond donors (Lipinski definition) is 0. The zero-order valence-corrected chi connectivity index (χ0v) is 19.3. The van der Waals surface area contributed by atoms with Crippen molar-refractivity contribution in [1.29, 1.82) is 0 Å². The molecule has 1 saturated heterocycles. The van der Waals surface area contributed by atoms with Crippen molar-refractivity contribution in [2.45, 2.75) is 36.2 Å². The molecule has 0 aliphatic carbocycles. The predicted octanol–water partition coefficient (Wildman–Crippen LogP) is 4.50. The van der Waals surface area contributed by atoms with Gasteiger partial charge in [0.15, 0.2) is 16.7 Å². The molecule has 0 spiro atoms. The third-order valence-electron chi connectivity index (χ3n) is 5.80. The molecular formula is C24H30N4O2S. The van der Waals surface area contributed by atoms with Crippen molar-refractivity contribution < 1.29 is 9.47 Å². The van der Waals surface area contributed by atoms with Crippen molar-refractivity contribution >= 4 is 11.8 Å². The van der Waals surface area contributed by atoms with E-state index >= 15 is 0 Å². The largest absolute Gasteiger partial charge is 0.493 e. The van der Waals surface area contributed by atoms with Crippen LogP contribution in [0.4, 0.5) is 0 Å². The molecule has 0 bridgehead atoms. The van der Waals surface area contributed by atoms with Crippen molar-refractivity contribution in [1.82, 2.24) is 19.7 Å². The summed E-state index contributed by atoms with van der Waals surface area (Å²) >= 11 is 1.75. The van der Waals surface area contributed by atoms with E-state index in [1.807, 2.05) is 12.1 Å². The number of aromatic nitrogens is 3. The molecule has 2 aromatic carbocycles. The zero-order valence-electron chi connectivity index (χ0n) is 18.5. The number of thioether (sulfide) groups is 1. The summed E-state index contributed by atoms with van der Waals surface area (Å²) in [6, 6.07) is 16.7. The Hall–Kier alpha value is -2.51. The molecule has 4 rings (SSSR count). The van der Waals surface area contributed by atoms with Crippen LogP contribution < -0.4 is 9.47 Å². The number of hydrogen-bond acceptors (Lipinski definition) is 6. The van der Waals surface area contributed by atoms with E-state index in [2.05, 4.69) is 63.1 Å². The monoisotopic (exact) mass is 438 g/mol. The standard InChI is InChI=1S/C24H30N4O2S/c1-27-23(25-26-24(27)31-17-18-8-5-4-6-9-18)20-10-7-13-28(16-20)15-19-11-12-21(29-2)22(14-19)30-3/h4-6,8-9,11-12,14,20H,7,10,13,15-17H2,1-3H3. The van der Waals surface area contributed by atoms with Crippen LogP contribution in [0, 0.1) is 0 Å². The first-order valence-corrected chi connectivity index (χ1v) is 11.7. The molecule has 6 nitrogen and oxygen atoms in total. The molecule has 1 aliphatic rings. The van der Waals surface area contributed by atoms with Crippen LogP contribution in [-0.2, 0) is 19.3 Å². The van der Waals surface area contributed by atoms with Crippen molar-refractivity contribution in [3.63, 3.8) is 0 Å². The van der Waals surface area contributed by atoms with E-state index in [4.69, 9.17) is 9.47 Å². The molecule has 7 heteroatoms. The van der Waals surface area contributed by atoms with Crippen LogP contribution in [0.3, 0.4) is 0 Å². The van der Waals surface area contributed by atoms with E-state index in [1.165, 1.54) is 11.1 Å². The highest BCUT2D eigenvalue weighted by Gasteiger charge is 2.26. The van der Waals surface area contributed by atoms with Gasteiger partial charge in [-0.1, -0.05) is 48.2 Å². The lowest BCUT2D eigenvalue weighted by Gasteiger charge is -2.32. The minimum atomic E-state index is 0.400. The first kappa shape index (κ1) is 21.7. The fourth-order valence-electron chi connectivity index (χ4n) is 4.18. The van der Waals surface area contributed by atoms with Crippen LogP contribution in [0.2, 0.25) is 0 Å². The smallest absolute Gasteiger partial charge is 0.191 e. The Balaban J connectivity index is 1.40. The summed E-state index contributed by atoms with van der Waals surface area (Å²) in [7, 11) is 5.44. The highest BCUT2D eigenvalue weighted by molar-refractivity contribution is 7.98. The molecule has 0 N–H and O–H groups in total. The average molecular weight is 439 g/mol. The Morgan fingerprint density at radius 2 is 1.81 bits per heavy atom. The van der Waals surface area contributed by atoms with E-state index in [-0.39, 0.29) is 0 Å². The van der Waals surface area contributed by atoms with Crippen LogP contribution in [0.5, 0.6) is 11.5 Å². The third-order valence-corrected chi connectivity index (χ3v) is 6.90. The number of rotatable bonds is 8. The number of nitrogens with zero attached hydrogens (tertiary/aromatic N) is 4. The summed E-state index contributed by atoms with van der Waals surface area (Å²) in [6.45, 7) is 2.98. The van der Waals surface area contributed by atoms with Crippen molar-refractivity contribution in [3.05, 3.63) is 65.5 Å². The highest BCUT2D eigenvalue weighted by Crippen LogP contribution is 2.31. The Kier molecular flexibility index (Phi) is 7.14. The molecule has 1 atom stereocenters. The Morgan fingerprint density at radius 1 is 1.00 bits per heavy atom. The van der Waals surface area contributed by atoms with Gasteiger partial charge in [0.2, 0.25) is 0 Å². The van der Waals surface area contributed by atoms with Crippen LogP contribution >= 0.6 is 11.8 Å². The van der Waals surface area contributed by atoms with E-state index in [9.17, 15) is 0 Å². The molecule has 2 heterocycles.